The normalized spacial score (nSPS) is 11.7. The van der Waals surface area contributed by atoms with Gasteiger partial charge in [-0.3, -0.25) is 10.6 Å². The van der Waals surface area contributed by atoms with Crippen LogP contribution in [0.3, 0.4) is 0 Å². The number of esters is 1. The van der Waals surface area contributed by atoms with E-state index in [1.165, 1.54) is 0 Å². The molecule has 0 rings (SSSR count). The first-order valence-electron chi connectivity index (χ1n) is 3.32. The third-order valence-electron chi connectivity index (χ3n) is 1.09. The highest BCUT2D eigenvalue weighted by atomic mass is 16.5. The Kier molecular flexibility index (Phi) is 5.17. The number of nitrogens with two attached hydrogens (primary N) is 1. The van der Waals surface area contributed by atoms with Gasteiger partial charge in [0.05, 0.1) is 6.61 Å². The van der Waals surface area contributed by atoms with Crippen molar-refractivity contribution in [1.82, 2.24) is 5.43 Å². The first kappa shape index (κ1) is 9.95. The second kappa shape index (κ2) is 5.71. The molecular weight excluding hydrogens is 144 g/mol. The predicted molar refractivity (Wildman–Crippen MR) is 41.2 cm³/mol. The molecule has 62 valence electrons. The molecule has 0 fully saturated rings. The van der Waals surface area contributed by atoms with E-state index in [0.717, 1.165) is 0 Å². The quantitative estimate of drug-likeness (QED) is 0.247. The van der Waals surface area contributed by atoms with Crippen LogP contribution in [-0.4, -0.2) is 18.6 Å². The molecule has 0 saturated heterocycles. The zero-order chi connectivity index (χ0) is 8.69. The third kappa shape index (κ3) is 3.61. The summed E-state index contributed by atoms with van der Waals surface area (Å²) in [5.74, 6) is 6.95. The summed E-state index contributed by atoms with van der Waals surface area (Å²) in [6, 6.07) is -0.583. The van der Waals surface area contributed by atoms with Crippen LogP contribution in [0.5, 0.6) is 0 Å². The van der Waals surface area contributed by atoms with Crippen LogP contribution in [0, 0.1) is 12.3 Å². The van der Waals surface area contributed by atoms with Gasteiger partial charge in [0.2, 0.25) is 0 Å². The molecule has 4 nitrogen and oxygen atoms in total. The van der Waals surface area contributed by atoms with Gasteiger partial charge in [-0.15, -0.1) is 12.3 Å². The molecule has 11 heavy (non-hydrogen) atoms. The van der Waals surface area contributed by atoms with E-state index in [9.17, 15) is 4.79 Å². The molecular formula is C7H12N2O2. The minimum absolute atomic E-state index is 0.245. The SMILES string of the molecule is C#CCC(NN)C(=O)OCC. The second-order valence-electron chi connectivity index (χ2n) is 1.88. The van der Waals surface area contributed by atoms with Crippen molar-refractivity contribution >= 4 is 5.97 Å². The van der Waals surface area contributed by atoms with E-state index in [2.05, 4.69) is 16.1 Å². The molecule has 0 radical (unpaired) electrons. The topological polar surface area (TPSA) is 64.3 Å². The lowest BCUT2D eigenvalue weighted by Gasteiger charge is -2.10. The molecule has 0 aliphatic heterocycles. The summed E-state index contributed by atoms with van der Waals surface area (Å²) in [7, 11) is 0. The fourth-order valence-electron chi connectivity index (χ4n) is 0.571. The summed E-state index contributed by atoms with van der Waals surface area (Å²) in [5, 5.41) is 0. The van der Waals surface area contributed by atoms with Crippen LogP contribution in [-0.2, 0) is 9.53 Å². The minimum Gasteiger partial charge on any atom is -0.465 e. The molecule has 0 aromatic carbocycles. The highest BCUT2D eigenvalue weighted by Crippen LogP contribution is 1.92. The molecule has 0 amide bonds. The Morgan fingerprint density at radius 2 is 2.55 bits per heavy atom. The van der Waals surface area contributed by atoms with E-state index in [4.69, 9.17) is 12.3 Å². The van der Waals surface area contributed by atoms with Gasteiger partial charge in [-0.1, -0.05) is 0 Å². The number of carbonyl (C=O) groups excluding carboxylic acids is 1. The summed E-state index contributed by atoms with van der Waals surface area (Å²) in [5.41, 5.74) is 2.27. The first-order chi connectivity index (χ1) is 5.26. The van der Waals surface area contributed by atoms with Crippen molar-refractivity contribution in [1.29, 1.82) is 0 Å². The van der Waals surface area contributed by atoms with Crippen molar-refractivity contribution in [3.05, 3.63) is 0 Å². The number of carbonyl (C=O) groups is 1. The fourth-order valence-corrected chi connectivity index (χ4v) is 0.571. The molecule has 0 aromatic heterocycles. The van der Waals surface area contributed by atoms with Gasteiger partial charge in [-0.25, -0.2) is 5.43 Å². The van der Waals surface area contributed by atoms with Crippen molar-refractivity contribution in [3.8, 4) is 12.3 Å². The lowest BCUT2D eigenvalue weighted by Crippen LogP contribution is -2.42. The van der Waals surface area contributed by atoms with Gasteiger partial charge in [-0.05, 0) is 6.92 Å². The summed E-state index contributed by atoms with van der Waals surface area (Å²) in [4.78, 5) is 10.9. The number of hydrazine groups is 1. The molecule has 0 aliphatic rings. The van der Waals surface area contributed by atoms with Gasteiger partial charge in [0, 0.05) is 6.42 Å². The number of nitrogens with one attached hydrogen (secondary N) is 1. The number of hydrogen-bond donors (Lipinski definition) is 2. The van der Waals surface area contributed by atoms with Crippen molar-refractivity contribution < 1.29 is 9.53 Å². The van der Waals surface area contributed by atoms with Crippen LogP contribution < -0.4 is 11.3 Å². The van der Waals surface area contributed by atoms with Gasteiger partial charge < -0.3 is 4.74 Å². The predicted octanol–water partition coefficient (Wildman–Crippen LogP) is -0.595. The maximum atomic E-state index is 10.9. The van der Waals surface area contributed by atoms with Crippen LogP contribution >= 0.6 is 0 Å². The van der Waals surface area contributed by atoms with Gasteiger partial charge in [0.1, 0.15) is 6.04 Å². The highest BCUT2D eigenvalue weighted by molar-refractivity contribution is 5.76. The number of terminal acetylenes is 1. The van der Waals surface area contributed by atoms with Crippen LogP contribution in [0.2, 0.25) is 0 Å². The van der Waals surface area contributed by atoms with E-state index < -0.39 is 12.0 Å². The molecule has 0 spiro atoms. The van der Waals surface area contributed by atoms with Crippen LogP contribution in [0.4, 0.5) is 0 Å². The van der Waals surface area contributed by atoms with Gasteiger partial charge in [-0.2, -0.15) is 0 Å². The lowest BCUT2D eigenvalue weighted by molar-refractivity contribution is -0.145. The molecule has 3 N–H and O–H groups in total. The van der Waals surface area contributed by atoms with Gasteiger partial charge >= 0.3 is 5.97 Å². The lowest BCUT2D eigenvalue weighted by atomic mass is 10.2. The summed E-state index contributed by atoms with van der Waals surface area (Å²) < 4.78 is 4.67. The number of ether oxygens (including phenoxy) is 1. The number of hydrogen-bond acceptors (Lipinski definition) is 4. The third-order valence-corrected chi connectivity index (χ3v) is 1.09. The standard InChI is InChI=1S/C7H12N2O2/c1-3-5-6(9-8)7(10)11-4-2/h1,6,9H,4-5,8H2,2H3. The Morgan fingerprint density at radius 1 is 1.91 bits per heavy atom. The summed E-state index contributed by atoms with van der Waals surface area (Å²) in [6.45, 7) is 2.06. The van der Waals surface area contributed by atoms with Crippen LogP contribution in [0.25, 0.3) is 0 Å². The van der Waals surface area contributed by atoms with Crippen molar-refractivity contribution in [2.24, 2.45) is 5.84 Å². The van der Waals surface area contributed by atoms with Gasteiger partial charge in [0.15, 0.2) is 0 Å². The molecule has 0 aliphatic carbocycles. The minimum atomic E-state index is -0.583. The fraction of sp³-hybridized carbons (Fsp3) is 0.571. The maximum absolute atomic E-state index is 10.9. The van der Waals surface area contributed by atoms with Crippen molar-refractivity contribution in [2.45, 2.75) is 19.4 Å². The second-order valence-corrected chi connectivity index (χ2v) is 1.88. The molecule has 1 unspecified atom stereocenters. The Hall–Kier alpha value is -1.05. The first-order valence-corrected chi connectivity index (χ1v) is 3.32. The molecule has 0 bridgehead atoms. The highest BCUT2D eigenvalue weighted by Gasteiger charge is 2.15. The van der Waals surface area contributed by atoms with Gasteiger partial charge in [0.25, 0.3) is 0 Å². The smallest absolute Gasteiger partial charge is 0.325 e. The summed E-state index contributed by atoms with van der Waals surface area (Å²) >= 11 is 0. The van der Waals surface area contributed by atoms with E-state index in [1.807, 2.05) is 0 Å². The van der Waals surface area contributed by atoms with Crippen LogP contribution in [0.15, 0.2) is 0 Å². The Morgan fingerprint density at radius 3 is 2.91 bits per heavy atom. The number of rotatable bonds is 4. The molecule has 1 atom stereocenters. The maximum Gasteiger partial charge on any atom is 0.325 e. The zero-order valence-corrected chi connectivity index (χ0v) is 6.46. The van der Waals surface area contributed by atoms with Crippen molar-refractivity contribution in [3.63, 3.8) is 0 Å². The van der Waals surface area contributed by atoms with Crippen LogP contribution in [0.1, 0.15) is 13.3 Å². The zero-order valence-electron chi connectivity index (χ0n) is 6.46. The van der Waals surface area contributed by atoms with E-state index >= 15 is 0 Å². The Labute approximate surface area is 66.1 Å². The van der Waals surface area contributed by atoms with E-state index in [0.29, 0.717) is 6.61 Å². The average Bonchev–Trinajstić information content (AvgIpc) is 2.00. The largest absolute Gasteiger partial charge is 0.465 e. The monoisotopic (exact) mass is 156 g/mol. The Balaban J connectivity index is 3.83. The van der Waals surface area contributed by atoms with E-state index in [1.54, 1.807) is 6.92 Å². The van der Waals surface area contributed by atoms with Crippen molar-refractivity contribution in [2.75, 3.05) is 6.61 Å². The molecule has 0 heterocycles. The summed E-state index contributed by atoms with van der Waals surface area (Å²) in [6.07, 6.45) is 5.23. The molecule has 0 saturated carbocycles. The molecule has 4 heteroatoms. The van der Waals surface area contributed by atoms with E-state index in [-0.39, 0.29) is 6.42 Å². The Bertz CT molecular complexity index is 162. The molecule has 0 aromatic rings. The average molecular weight is 156 g/mol.